The largest absolute Gasteiger partial charge is 0.491 e. The van der Waals surface area contributed by atoms with Crippen LogP contribution in [-0.2, 0) is 9.59 Å². The lowest BCUT2D eigenvalue weighted by atomic mass is 10.2. The summed E-state index contributed by atoms with van der Waals surface area (Å²) in [6.45, 7) is 5.84. The van der Waals surface area contributed by atoms with Crippen LogP contribution in [0, 0.1) is 0 Å². The quantitative estimate of drug-likeness (QED) is 0.671. The number of hydrogen-bond donors (Lipinski definition) is 3. The Balaban J connectivity index is 1.84. The van der Waals surface area contributed by atoms with E-state index in [-0.39, 0.29) is 24.5 Å². The summed E-state index contributed by atoms with van der Waals surface area (Å²) in [6, 6.07) is 14.5. The molecule has 2 aromatic carbocycles. The number of amides is 2. The van der Waals surface area contributed by atoms with E-state index >= 15 is 0 Å². The van der Waals surface area contributed by atoms with Gasteiger partial charge in [-0.2, -0.15) is 0 Å². The SMILES string of the molecule is CCC(=O)Nc1ccc(NCC(=O)Nc2cccc(OC(C)C)c2)cc1. The molecule has 2 rings (SSSR count). The van der Waals surface area contributed by atoms with Crippen molar-refractivity contribution in [2.24, 2.45) is 0 Å². The lowest BCUT2D eigenvalue weighted by Crippen LogP contribution is -2.21. The first-order valence-corrected chi connectivity index (χ1v) is 8.66. The predicted molar refractivity (Wildman–Crippen MR) is 105 cm³/mol. The molecule has 0 unspecified atom stereocenters. The summed E-state index contributed by atoms with van der Waals surface area (Å²) in [4.78, 5) is 23.4. The van der Waals surface area contributed by atoms with Gasteiger partial charge in [-0.15, -0.1) is 0 Å². The van der Waals surface area contributed by atoms with Gasteiger partial charge in [0.2, 0.25) is 11.8 Å². The molecule has 0 aliphatic rings. The molecular formula is C20H25N3O3. The predicted octanol–water partition coefficient (Wildman–Crippen LogP) is 3.87. The van der Waals surface area contributed by atoms with Gasteiger partial charge >= 0.3 is 0 Å². The highest BCUT2D eigenvalue weighted by molar-refractivity contribution is 5.94. The minimum atomic E-state index is -0.157. The average Bonchev–Trinajstić information content (AvgIpc) is 2.60. The van der Waals surface area contributed by atoms with Crippen molar-refractivity contribution in [2.45, 2.75) is 33.3 Å². The fourth-order valence-corrected chi connectivity index (χ4v) is 2.23. The maximum absolute atomic E-state index is 12.1. The van der Waals surface area contributed by atoms with Gasteiger partial charge in [0.1, 0.15) is 5.75 Å². The minimum Gasteiger partial charge on any atom is -0.491 e. The second-order valence-corrected chi connectivity index (χ2v) is 6.08. The van der Waals surface area contributed by atoms with Crippen LogP contribution in [0.1, 0.15) is 27.2 Å². The van der Waals surface area contributed by atoms with Gasteiger partial charge in [-0.25, -0.2) is 0 Å². The number of hydrogen-bond acceptors (Lipinski definition) is 4. The van der Waals surface area contributed by atoms with Crippen molar-refractivity contribution in [3.63, 3.8) is 0 Å². The zero-order valence-corrected chi connectivity index (χ0v) is 15.3. The summed E-state index contributed by atoms with van der Waals surface area (Å²) < 4.78 is 5.62. The lowest BCUT2D eigenvalue weighted by molar-refractivity contribution is -0.116. The van der Waals surface area contributed by atoms with Gasteiger partial charge in [0.15, 0.2) is 0 Å². The van der Waals surface area contributed by atoms with Gasteiger partial charge in [0.25, 0.3) is 0 Å². The minimum absolute atomic E-state index is 0.0336. The Morgan fingerprint density at radius 2 is 1.58 bits per heavy atom. The molecule has 0 spiro atoms. The summed E-state index contributed by atoms with van der Waals surface area (Å²) in [5.41, 5.74) is 2.22. The Kier molecular flexibility index (Phi) is 7.02. The van der Waals surface area contributed by atoms with Crippen molar-refractivity contribution in [1.82, 2.24) is 0 Å². The Morgan fingerprint density at radius 3 is 2.23 bits per heavy atom. The molecule has 0 fully saturated rings. The molecule has 0 saturated carbocycles. The van der Waals surface area contributed by atoms with E-state index in [1.54, 1.807) is 25.1 Å². The topological polar surface area (TPSA) is 79.5 Å². The summed E-state index contributed by atoms with van der Waals surface area (Å²) in [5.74, 6) is 0.527. The normalized spacial score (nSPS) is 10.3. The fraction of sp³-hybridized carbons (Fsp3) is 0.300. The standard InChI is InChI=1S/C20H25N3O3/c1-4-19(24)22-16-10-8-15(9-11-16)21-13-20(25)23-17-6-5-7-18(12-17)26-14(2)3/h5-12,14,21H,4,13H2,1-3H3,(H,22,24)(H,23,25). The van der Waals surface area contributed by atoms with Crippen molar-refractivity contribution < 1.29 is 14.3 Å². The van der Waals surface area contributed by atoms with Gasteiger partial charge < -0.3 is 20.7 Å². The van der Waals surface area contributed by atoms with Crippen molar-refractivity contribution in [3.05, 3.63) is 48.5 Å². The van der Waals surface area contributed by atoms with E-state index in [4.69, 9.17) is 4.74 Å². The number of carbonyl (C=O) groups excluding carboxylic acids is 2. The van der Waals surface area contributed by atoms with Crippen LogP contribution < -0.4 is 20.7 Å². The summed E-state index contributed by atoms with van der Waals surface area (Å²) in [6.07, 6.45) is 0.511. The molecule has 2 amide bonds. The molecule has 0 heterocycles. The highest BCUT2D eigenvalue weighted by Gasteiger charge is 2.05. The molecule has 0 aromatic heterocycles. The molecular weight excluding hydrogens is 330 g/mol. The zero-order valence-electron chi connectivity index (χ0n) is 15.3. The van der Waals surface area contributed by atoms with Crippen LogP contribution in [0.25, 0.3) is 0 Å². The number of benzene rings is 2. The fourth-order valence-electron chi connectivity index (χ4n) is 2.23. The van der Waals surface area contributed by atoms with Gasteiger partial charge in [-0.1, -0.05) is 13.0 Å². The van der Waals surface area contributed by atoms with Gasteiger partial charge in [-0.05, 0) is 50.2 Å². The van der Waals surface area contributed by atoms with Crippen molar-refractivity contribution >= 4 is 28.9 Å². The van der Waals surface area contributed by atoms with Crippen LogP contribution in [0.15, 0.2) is 48.5 Å². The highest BCUT2D eigenvalue weighted by atomic mass is 16.5. The molecule has 2 aromatic rings. The second-order valence-electron chi connectivity index (χ2n) is 6.08. The molecule has 0 aliphatic heterocycles. The molecule has 0 atom stereocenters. The third-order valence-electron chi connectivity index (χ3n) is 3.43. The Morgan fingerprint density at radius 1 is 0.923 bits per heavy atom. The summed E-state index contributed by atoms with van der Waals surface area (Å²) in [5, 5.41) is 8.66. The smallest absolute Gasteiger partial charge is 0.243 e. The van der Waals surface area contributed by atoms with Gasteiger partial charge in [-0.3, -0.25) is 9.59 Å². The third kappa shape index (κ3) is 6.47. The molecule has 3 N–H and O–H groups in total. The second kappa shape index (κ2) is 9.46. The first kappa shape index (κ1) is 19.3. The van der Waals surface area contributed by atoms with E-state index in [9.17, 15) is 9.59 Å². The van der Waals surface area contributed by atoms with E-state index in [1.165, 1.54) is 0 Å². The van der Waals surface area contributed by atoms with Crippen LogP contribution in [0.2, 0.25) is 0 Å². The number of nitrogens with one attached hydrogen (secondary N) is 3. The van der Waals surface area contributed by atoms with Crippen LogP contribution in [0.4, 0.5) is 17.1 Å². The summed E-state index contributed by atoms with van der Waals surface area (Å²) in [7, 11) is 0. The lowest BCUT2D eigenvalue weighted by Gasteiger charge is -2.12. The van der Waals surface area contributed by atoms with Gasteiger partial charge in [0.05, 0.1) is 12.6 Å². The number of ether oxygens (including phenoxy) is 1. The Bertz CT molecular complexity index is 742. The number of rotatable bonds is 8. The molecule has 6 heteroatoms. The molecule has 0 saturated heterocycles. The summed E-state index contributed by atoms with van der Waals surface area (Å²) >= 11 is 0. The number of anilines is 3. The molecule has 0 radical (unpaired) electrons. The van der Waals surface area contributed by atoms with E-state index in [2.05, 4.69) is 16.0 Å². The van der Waals surface area contributed by atoms with Crippen molar-refractivity contribution in [2.75, 3.05) is 22.5 Å². The third-order valence-corrected chi connectivity index (χ3v) is 3.43. The molecule has 138 valence electrons. The van der Waals surface area contributed by atoms with E-state index in [0.29, 0.717) is 12.1 Å². The maximum atomic E-state index is 12.1. The van der Waals surface area contributed by atoms with Crippen molar-refractivity contribution in [1.29, 1.82) is 0 Å². The van der Waals surface area contributed by atoms with Crippen molar-refractivity contribution in [3.8, 4) is 5.75 Å². The zero-order chi connectivity index (χ0) is 18.9. The highest BCUT2D eigenvalue weighted by Crippen LogP contribution is 2.18. The van der Waals surface area contributed by atoms with Crippen LogP contribution in [-0.4, -0.2) is 24.5 Å². The van der Waals surface area contributed by atoms with Crippen LogP contribution in [0.3, 0.4) is 0 Å². The van der Waals surface area contributed by atoms with Gasteiger partial charge in [0, 0.05) is 29.5 Å². The van der Waals surface area contributed by atoms with E-state index in [1.807, 2.05) is 44.2 Å². The monoisotopic (exact) mass is 355 g/mol. The van der Waals surface area contributed by atoms with E-state index < -0.39 is 0 Å². The molecule has 6 nitrogen and oxygen atoms in total. The maximum Gasteiger partial charge on any atom is 0.243 e. The van der Waals surface area contributed by atoms with Crippen LogP contribution >= 0.6 is 0 Å². The van der Waals surface area contributed by atoms with E-state index in [0.717, 1.165) is 17.1 Å². The molecule has 0 aliphatic carbocycles. The average molecular weight is 355 g/mol. The van der Waals surface area contributed by atoms with Crippen LogP contribution in [0.5, 0.6) is 5.75 Å². The number of carbonyl (C=O) groups is 2. The molecule has 26 heavy (non-hydrogen) atoms. The molecule has 0 bridgehead atoms. The first-order chi connectivity index (χ1) is 12.5. The Labute approximate surface area is 153 Å². The first-order valence-electron chi connectivity index (χ1n) is 8.66. The Hall–Kier alpha value is -3.02.